The molecule has 206 valence electrons. The molecule has 1 aliphatic rings. The second-order valence-electron chi connectivity index (χ2n) is 9.70. The van der Waals surface area contributed by atoms with Crippen molar-refractivity contribution in [2.75, 3.05) is 35.2 Å². The van der Waals surface area contributed by atoms with E-state index in [0.29, 0.717) is 40.6 Å². The van der Waals surface area contributed by atoms with Crippen LogP contribution in [-0.2, 0) is 9.84 Å². The topological polar surface area (TPSA) is 145 Å². The van der Waals surface area contributed by atoms with Gasteiger partial charge in [-0.05, 0) is 57.9 Å². The van der Waals surface area contributed by atoms with Gasteiger partial charge in [0.2, 0.25) is 5.95 Å². The highest BCUT2D eigenvalue weighted by Crippen LogP contribution is 2.35. The molecular formula is C27H33N7O4S. The lowest BCUT2D eigenvalue weighted by atomic mass is 10.1. The molecule has 39 heavy (non-hydrogen) atoms. The number of aromatic amines is 1. The predicted octanol–water partition coefficient (Wildman–Crippen LogP) is 4.38. The van der Waals surface area contributed by atoms with Crippen molar-refractivity contribution < 1.29 is 18.3 Å². The third-order valence-corrected chi connectivity index (χ3v) is 8.93. The van der Waals surface area contributed by atoms with E-state index in [1.807, 2.05) is 25.1 Å². The normalized spacial score (nSPS) is 14.6. The number of para-hydroxylation sites is 1. The van der Waals surface area contributed by atoms with Gasteiger partial charge in [-0.2, -0.15) is 15.1 Å². The number of sulfone groups is 1. The number of hydrogen-bond acceptors (Lipinski definition) is 10. The summed E-state index contributed by atoms with van der Waals surface area (Å²) in [5, 5.41) is 23.3. The standard InChI is InChI=1S/C27H33N7O4S/c1-4-38-23-15-18(34-13-11-19(35)12-14-34)9-10-21(23)30-27-31-25(20-16-28-33-26(20)32-27)29-22-7-5-6-8-24(22)39(36,37)17(2)3/h5-10,15-17,19,35H,4,11-14H2,1-3H3,(H3,28,29,30,31,32,33). The summed E-state index contributed by atoms with van der Waals surface area (Å²) in [7, 11) is -3.53. The Balaban J connectivity index is 1.48. The van der Waals surface area contributed by atoms with E-state index in [9.17, 15) is 13.5 Å². The van der Waals surface area contributed by atoms with Crippen molar-refractivity contribution in [3.8, 4) is 5.75 Å². The highest BCUT2D eigenvalue weighted by Gasteiger charge is 2.24. The maximum absolute atomic E-state index is 13.0. The van der Waals surface area contributed by atoms with E-state index in [1.165, 1.54) is 0 Å². The lowest BCUT2D eigenvalue weighted by Crippen LogP contribution is -2.35. The highest BCUT2D eigenvalue weighted by atomic mass is 32.2. The minimum absolute atomic E-state index is 0.198. The molecule has 3 heterocycles. The Labute approximate surface area is 227 Å². The van der Waals surface area contributed by atoms with Gasteiger partial charge < -0.3 is 25.4 Å². The summed E-state index contributed by atoms with van der Waals surface area (Å²) in [6.45, 7) is 7.27. The molecule has 1 saturated heterocycles. The Hall–Kier alpha value is -3.90. The fourth-order valence-corrected chi connectivity index (χ4v) is 5.72. The van der Waals surface area contributed by atoms with Crippen molar-refractivity contribution in [2.24, 2.45) is 0 Å². The van der Waals surface area contributed by atoms with Crippen LogP contribution in [0.5, 0.6) is 5.75 Å². The van der Waals surface area contributed by atoms with Crippen LogP contribution in [-0.4, -0.2) is 64.7 Å². The number of rotatable bonds is 9. The summed E-state index contributed by atoms with van der Waals surface area (Å²) in [4.78, 5) is 11.7. The second kappa shape index (κ2) is 11.1. The van der Waals surface area contributed by atoms with Crippen LogP contribution in [0.25, 0.3) is 11.0 Å². The molecule has 0 saturated carbocycles. The summed E-state index contributed by atoms with van der Waals surface area (Å²) >= 11 is 0. The molecule has 0 amide bonds. The van der Waals surface area contributed by atoms with Gasteiger partial charge in [0.15, 0.2) is 15.5 Å². The number of benzene rings is 2. The highest BCUT2D eigenvalue weighted by molar-refractivity contribution is 7.92. The number of fused-ring (bicyclic) bond motifs is 1. The Morgan fingerprint density at radius 1 is 1.10 bits per heavy atom. The van der Waals surface area contributed by atoms with E-state index in [4.69, 9.17) is 4.74 Å². The van der Waals surface area contributed by atoms with E-state index in [1.54, 1.807) is 44.3 Å². The van der Waals surface area contributed by atoms with Gasteiger partial charge in [-0.3, -0.25) is 5.10 Å². The number of anilines is 5. The van der Waals surface area contributed by atoms with Crippen LogP contribution in [0.4, 0.5) is 28.8 Å². The Bertz CT molecular complexity index is 1560. The lowest BCUT2D eigenvalue weighted by molar-refractivity contribution is 0.145. The SMILES string of the molecule is CCOc1cc(N2CCC(O)CC2)ccc1Nc1nc(Nc2ccccc2S(=O)(=O)C(C)C)c2cn[nH]c2n1. The first-order valence-electron chi connectivity index (χ1n) is 13.0. The minimum atomic E-state index is -3.53. The zero-order valence-corrected chi connectivity index (χ0v) is 23.0. The summed E-state index contributed by atoms with van der Waals surface area (Å²) in [5.41, 5.74) is 2.61. The first kappa shape index (κ1) is 26.7. The molecule has 5 rings (SSSR count). The molecule has 2 aromatic carbocycles. The second-order valence-corrected chi connectivity index (χ2v) is 12.2. The van der Waals surface area contributed by atoms with E-state index in [-0.39, 0.29) is 16.9 Å². The number of aromatic nitrogens is 4. The number of H-pyrrole nitrogens is 1. The Morgan fingerprint density at radius 3 is 2.62 bits per heavy atom. The average molecular weight is 552 g/mol. The van der Waals surface area contributed by atoms with Gasteiger partial charge in [0, 0.05) is 24.8 Å². The van der Waals surface area contributed by atoms with E-state index in [0.717, 1.165) is 31.6 Å². The van der Waals surface area contributed by atoms with E-state index in [2.05, 4.69) is 35.7 Å². The number of aliphatic hydroxyl groups is 1. The first-order valence-corrected chi connectivity index (χ1v) is 14.6. The molecule has 12 heteroatoms. The zero-order chi connectivity index (χ0) is 27.6. The Morgan fingerprint density at radius 2 is 1.87 bits per heavy atom. The van der Waals surface area contributed by atoms with Crippen molar-refractivity contribution in [3.63, 3.8) is 0 Å². The zero-order valence-electron chi connectivity index (χ0n) is 22.2. The van der Waals surface area contributed by atoms with Crippen molar-refractivity contribution in [2.45, 2.75) is 49.9 Å². The van der Waals surface area contributed by atoms with Crippen LogP contribution in [0.15, 0.2) is 53.6 Å². The van der Waals surface area contributed by atoms with Gasteiger partial charge in [0.05, 0.1) is 45.8 Å². The first-order chi connectivity index (χ1) is 18.8. The largest absolute Gasteiger partial charge is 0.492 e. The summed E-state index contributed by atoms with van der Waals surface area (Å²) in [6.07, 6.45) is 2.82. The maximum atomic E-state index is 13.0. The predicted molar refractivity (Wildman–Crippen MR) is 152 cm³/mol. The average Bonchev–Trinajstić information content (AvgIpc) is 3.39. The molecule has 0 unspecified atom stereocenters. The molecule has 4 N–H and O–H groups in total. The van der Waals surface area contributed by atoms with Gasteiger partial charge in [-0.1, -0.05) is 12.1 Å². The molecule has 2 aromatic heterocycles. The van der Waals surface area contributed by atoms with Crippen LogP contribution in [0.1, 0.15) is 33.6 Å². The Kier molecular flexibility index (Phi) is 7.58. The minimum Gasteiger partial charge on any atom is -0.492 e. The third-order valence-electron chi connectivity index (χ3n) is 6.72. The quantitative estimate of drug-likeness (QED) is 0.236. The van der Waals surface area contributed by atoms with Gasteiger partial charge >= 0.3 is 0 Å². The molecule has 0 radical (unpaired) electrons. The van der Waals surface area contributed by atoms with Crippen molar-refractivity contribution >= 4 is 49.7 Å². The number of nitrogens with zero attached hydrogens (tertiary/aromatic N) is 4. The third kappa shape index (κ3) is 5.62. The van der Waals surface area contributed by atoms with Gasteiger partial charge in [0.25, 0.3) is 0 Å². The molecule has 0 bridgehead atoms. The van der Waals surface area contributed by atoms with E-state index < -0.39 is 15.1 Å². The summed E-state index contributed by atoms with van der Waals surface area (Å²) in [6, 6.07) is 12.7. The molecule has 1 aliphatic heterocycles. The molecule has 0 aliphatic carbocycles. The van der Waals surface area contributed by atoms with Crippen molar-refractivity contribution in [3.05, 3.63) is 48.7 Å². The van der Waals surface area contributed by atoms with Gasteiger partial charge in [-0.25, -0.2) is 8.42 Å². The fourth-order valence-electron chi connectivity index (χ4n) is 4.52. The molecule has 0 spiro atoms. The lowest BCUT2D eigenvalue weighted by Gasteiger charge is -2.32. The number of nitrogens with one attached hydrogen (secondary N) is 3. The molecule has 11 nitrogen and oxygen atoms in total. The molecule has 1 fully saturated rings. The van der Waals surface area contributed by atoms with Crippen LogP contribution in [0.3, 0.4) is 0 Å². The van der Waals surface area contributed by atoms with Crippen molar-refractivity contribution in [1.82, 2.24) is 20.2 Å². The van der Waals surface area contributed by atoms with Gasteiger partial charge in [0.1, 0.15) is 11.6 Å². The van der Waals surface area contributed by atoms with Crippen LogP contribution in [0.2, 0.25) is 0 Å². The number of hydrogen-bond donors (Lipinski definition) is 4. The fraction of sp³-hybridized carbons (Fsp3) is 0.370. The number of piperidine rings is 1. The maximum Gasteiger partial charge on any atom is 0.231 e. The van der Waals surface area contributed by atoms with Crippen LogP contribution in [0, 0.1) is 0 Å². The number of aliphatic hydroxyl groups excluding tert-OH is 1. The molecule has 0 atom stereocenters. The monoisotopic (exact) mass is 551 g/mol. The number of ether oxygens (including phenoxy) is 1. The van der Waals surface area contributed by atoms with Gasteiger partial charge in [-0.15, -0.1) is 0 Å². The molecule has 4 aromatic rings. The van der Waals surface area contributed by atoms with Crippen LogP contribution >= 0.6 is 0 Å². The summed E-state index contributed by atoms with van der Waals surface area (Å²) < 4.78 is 31.9. The van der Waals surface area contributed by atoms with Crippen LogP contribution < -0.4 is 20.3 Å². The summed E-state index contributed by atoms with van der Waals surface area (Å²) in [5.74, 6) is 1.34. The van der Waals surface area contributed by atoms with Crippen molar-refractivity contribution in [1.29, 1.82) is 0 Å². The van der Waals surface area contributed by atoms with E-state index >= 15 is 0 Å². The smallest absolute Gasteiger partial charge is 0.231 e. The molecular weight excluding hydrogens is 518 g/mol.